The molecule has 1 saturated heterocycles. The Labute approximate surface area is 150 Å². The Bertz CT molecular complexity index is 693. The summed E-state index contributed by atoms with van der Waals surface area (Å²) in [6.07, 6.45) is 1.03. The summed E-state index contributed by atoms with van der Waals surface area (Å²) >= 11 is 3.44. The Hall–Kier alpha value is -1.69. The van der Waals surface area contributed by atoms with Gasteiger partial charge in [0.05, 0.1) is 6.10 Å². The van der Waals surface area contributed by atoms with Crippen molar-refractivity contribution in [3.05, 3.63) is 70.2 Å². The van der Waals surface area contributed by atoms with E-state index < -0.39 is 6.04 Å². The van der Waals surface area contributed by atoms with Gasteiger partial charge in [-0.1, -0.05) is 58.4 Å². The Morgan fingerprint density at radius 3 is 2.75 bits per heavy atom. The van der Waals surface area contributed by atoms with E-state index in [4.69, 9.17) is 10.5 Å². The molecule has 0 bridgehead atoms. The first-order valence-electron chi connectivity index (χ1n) is 8.10. The predicted molar refractivity (Wildman–Crippen MR) is 97.3 cm³/mol. The number of nitrogens with one attached hydrogen (secondary N) is 1. The molecule has 2 aromatic carbocycles. The lowest BCUT2D eigenvalue weighted by molar-refractivity contribution is -0.120. The molecule has 0 radical (unpaired) electrons. The smallest absolute Gasteiger partial charge is 0.239 e. The monoisotopic (exact) mass is 388 g/mol. The van der Waals surface area contributed by atoms with E-state index in [1.165, 1.54) is 5.56 Å². The molecule has 1 fully saturated rings. The van der Waals surface area contributed by atoms with Crippen LogP contribution in [0, 0.1) is 5.92 Å². The molecule has 126 valence electrons. The number of carbonyl (C=O) groups is 1. The summed E-state index contributed by atoms with van der Waals surface area (Å²) in [6.45, 7) is 1.42. The first kappa shape index (κ1) is 17.1. The fourth-order valence-electron chi connectivity index (χ4n) is 3.19. The van der Waals surface area contributed by atoms with Gasteiger partial charge in [0.25, 0.3) is 0 Å². The second-order valence-electron chi connectivity index (χ2n) is 6.05. The predicted octanol–water partition coefficient (Wildman–Crippen LogP) is 3.34. The highest BCUT2D eigenvalue weighted by molar-refractivity contribution is 9.10. The van der Waals surface area contributed by atoms with Crippen LogP contribution in [0.15, 0.2) is 59.1 Å². The number of halogens is 1. The molecular weight excluding hydrogens is 368 g/mol. The standard InChI is InChI=1S/C19H21BrN2O2/c20-16-8-4-7-14(11-16)17(19(21)23)22-12-15-9-10-24-18(15)13-5-2-1-3-6-13/h1-8,11,15,17-18,22H,9-10,12H2,(H2,21,23)/t15-,17+,18-/m1/s1. The minimum atomic E-state index is -0.500. The van der Waals surface area contributed by atoms with Gasteiger partial charge in [0, 0.05) is 23.5 Å². The zero-order chi connectivity index (χ0) is 16.9. The number of primary amides is 1. The molecule has 0 unspecified atom stereocenters. The van der Waals surface area contributed by atoms with Crippen molar-refractivity contribution in [3.8, 4) is 0 Å². The Balaban J connectivity index is 1.69. The van der Waals surface area contributed by atoms with Gasteiger partial charge in [0.2, 0.25) is 5.91 Å². The largest absolute Gasteiger partial charge is 0.373 e. The summed E-state index contributed by atoms with van der Waals surface area (Å²) in [7, 11) is 0. The molecule has 1 heterocycles. The molecule has 24 heavy (non-hydrogen) atoms. The quantitative estimate of drug-likeness (QED) is 0.797. The van der Waals surface area contributed by atoms with Crippen molar-refractivity contribution in [2.24, 2.45) is 11.7 Å². The van der Waals surface area contributed by atoms with Crippen LogP contribution in [0.3, 0.4) is 0 Å². The summed E-state index contributed by atoms with van der Waals surface area (Å²) in [5.41, 5.74) is 7.65. The summed E-state index contributed by atoms with van der Waals surface area (Å²) in [5, 5.41) is 3.33. The fraction of sp³-hybridized carbons (Fsp3) is 0.316. The maximum absolute atomic E-state index is 11.9. The molecule has 0 saturated carbocycles. The van der Waals surface area contributed by atoms with E-state index in [-0.39, 0.29) is 12.0 Å². The van der Waals surface area contributed by atoms with Crippen LogP contribution >= 0.6 is 15.9 Å². The zero-order valence-corrected chi connectivity index (χ0v) is 14.9. The second-order valence-corrected chi connectivity index (χ2v) is 6.97. The number of amides is 1. The summed E-state index contributed by atoms with van der Waals surface area (Å²) in [6, 6.07) is 17.4. The lowest BCUT2D eigenvalue weighted by Crippen LogP contribution is -2.37. The first-order chi connectivity index (χ1) is 11.6. The van der Waals surface area contributed by atoms with Crippen LogP contribution in [-0.4, -0.2) is 19.1 Å². The van der Waals surface area contributed by atoms with Crippen LogP contribution in [0.4, 0.5) is 0 Å². The van der Waals surface area contributed by atoms with Crippen LogP contribution in [0.5, 0.6) is 0 Å². The molecule has 5 heteroatoms. The van der Waals surface area contributed by atoms with E-state index in [0.717, 1.165) is 23.1 Å². The number of hydrogen-bond donors (Lipinski definition) is 2. The highest BCUT2D eigenvalue weighted by Gasteiger charge is 2.30. The molecule has 3 N–H and O–H groups in total. The maximum Gasteiger partial charge on any atom is 0.239 e. The molecule has 3 atom stereocenters. The third-order valence-electron chi connectivity index (χ3n) is 4.39. The molecule has 0 aliphatic carbocycles. The molecule has 3 rings (SSSR count). The van der Waals surface area contributed by atoms with Crippen LogP contribution in [0.25, 0.3) is 0 Å². The van der Waals surface area contributed by atoms with Gasteiger partial charge in [0.15, 0.2) is 0 Å². The number of rotatable bonds is 6. The van der Waals surface area contributed by atoms with Crippen molar-refractivity contribution in [3.63, 3.8) is 0 Å². The number of hydrogen-bond acceptors (Lipinski definition) is 3. The topological polar surface area (TPSA) is 64.4 Å². The fourth-order valence-corrected chi connectivity index (χ4v) is 3.61. The number of benzene rings is 2. The van der Waals surface area contributed by atoms with Gasteiger partial charge in [-0.25, -0.2) is 0 Å². The third kappa shape index (κ3) is 4.04. The van der Waals surface area contributed by atoms with Gasteiger partial charge in [-0.2, -0.15) is 0 Å². The number of ether oxygens (including phenoxy) is 1. The number of carbonyl (C=O) groups excluding carboxylic acids is 1. The molecule has 1 aliphatic heterocycles. The molecule has 4 nitrogen and oxygen atoms in total. The lowest BCUT2D eigenvalue weighted by Gasteiger charge is -2.22. The van der Waals surface area contributed by atoms with Gasteiger partial charge >= 0.3 is 0 Å². The molecule has 2 aromatic rings. The Morgan fingerprint density at radius 2 is 2.04 bits per heavy atom. The SMILES string of the molecule is NC(=O)[C@@H](NC[C@H]1CCO[C@@H]1c1ccccc1)c1cccc(Br)c1. The Kier molecular flexibility index (Phi) is 5.66. The lowest BCUT2D eigenvalue weighted by atomic mass is 9.94. The van der Waals surface area contributed by atoms with Crippen LogP contribution in [0.2, 0.25) is 0 Å². The van der Waals surface area contributed by atoms with Gasteiger partial charge in [0.1, 0.15) is 6.04 Å². The highest BCUT2D eigenvalue weighted by Crippen LogP contribution is 2.34. The third-order valence-corrected chi connectivity index (χ3v) is 4.89. The highest BCUT2D eigenvalue weighted by atomic mass is 79.9. The second kappa shape index (κ2) is 7.92. The van der Waals surface area contributed by atoms with Crippen molar-refractivity contribution in [2.75, 3.05) is 13.2 Å². The maximum atomic E-state index is 11.9. The van der Waals surface area contributed by atoms with E-state index >= 15 is 0 Å². The summed E-state index contributed by atoms with van der Waals surface area (Å²) in [4.78, 5) is 11.9. The molecule has 1 amide bonds. The van der Waals surface area contributed by atoms with Gasteiger partial charge in [-0.05, 0) is 29.7 Å². The van der Waals surface area contributed by atoms with Crippen LogP contribution < -0.4 is 11.1 Å². The minimum Gasteiger partial charge on any atom is -0.373 e. The van der Waals surface area contributed by atoms with Gasteiger partial charge in [-0.15, -0.1) is 0 Å². The van der Waals surface area contributed by atoms with Crippen molar-refractivity contribution >= 4 is 21.8 Å². The first-order valence-corrected chi connectivity index (χ1v) is 8.89. The van der Waals surface area contributed by atoms with E-state index in [2.05, 4.69) is 33.4 Å². The van der Waals surface area contributed by atoms with Gasteiger partial charge < -0.3 is 15.8 Å². The normalized spacial score (nSPS) is 21.5. The van der Waals surface area contributed by atoms with E-state index in [0.29, 0.717) is 12.5 Å². The van der Waals surface area contributed by atoms with Crippen molar-refractivity contribution < 1.29 is 9.53 Å². The van der Waals surface area contributed by atoms with Crippen molar-refractivity contribution in [2.45, 2.75) is 18.6 Å². The average molecular weight is 389 g/mol. The zero-order valence-electron chi connectivity index (χ0n) is 13.3. The van der Waals surface area contributed by atoms with Crippen molar-refractivity contribution in [1.82, 2.24) is 5.32 Å². The van der Waals surface area contributed by atoms with E-state index in [1.54, 1.807) is 0 Å². The molecular formula is C19H21BrN2O2. The average Bonchev–Trinajstić information content (AvgIpc) is 3.04. The summed E-state index contributed by atoms with van der Waals surface area (Å²) < 4.78 is 6.84. The van der Waals surface area contributed by atoms with Crippen molar-refractivity contribution in [1.29, 1.82) is 0 Å². The van der Waals surface area contributed by atoms with E-state index in [9.17, 15) is 4.79 Å². The number of nitrogens with two attached hydrogens (primary N) is 1. The molecule has 0 spiro atoms. The van der Waals surface area contributed by atoms with Crippen LogP contribution in [0.1, 0.15) is 29.7 Å². The summed E-state index contributed by atoms with van der Waals surface area (Å²) in [5.74, 6) is -0.0512. The molecule has 0 aromatic heterocycles. The van der Waals surface area contributed by atoms with E-state index in [1.807, 2.05) is 42.5 Å². The van der Waals surface area contributed by atoms with Crippen LogP contribution in [-0.2, 0) is 9.53 Å². The molecule has 1 aliphatic rings. The minimum absolute atomic E-state index is 0.0646. The van der Waals surface area contributed by atoms with Gasteiger partial charge in [-0.3, -0.25) is 4.79 Å². The Morgan fingerprint density at radius 1 is 1.25 bits per heavy atom.